The molecule has 3 aromatic rings. The summed E-state index contributed by atoms with van der Waals surface area (Å²) >= 11 is 0. The Kier molecular flexibility index (Phi) is 10.9. The summed E-state index contributed by atoms with van der Waals surface area (Å²) in [5.41, 5.74) is 14.7. The Morgan fingerprint density at radius 2 is 1.68 bits per heavy atom. The predicted octanol–water partition coefficient (Wildman–Crippen LogP) is 9.27. The fourth-order valence-corrected chi connectivity index (χ4v) is 7.23. The van der Waals surface area contributed by atoms with Crippen molar-refractivity contribution in [2.75, 3.05) is 18.5 Å². The van der Waals surface area contributed by atoms with Crippen molar-refractivity contribution < 1.29 is 0 Å². The van der Waals surface area contributed by atoms with Gasteiger partial charge in [-0.2, -0.15) is 5.10 Å². The normalized spacial score (nSPS) is 20.3. The minimum absolute atomic E-state index is 0.505. The lowest BCUT2D eigenvalue weighted by molar-refractivity contribution is 0.323. The van der Waals surface area contributed by atoms with Crippen LogP contribution < -0.4 is 16.0 Å². The molecule has 236 valence electrons. The molecule has 3 fully saturated rings. The summed E-state index contributed by atoms with van der Waals surface area (Å²) in [5.74, 6) is 2.56. The van der Waals surface area contributed by atoms with Crippen LogP contribution in [0.4, 0.5) is 5.69 Å². The lowest BCUT2D eigenvalue weighted by atomic mass is 9.77. The first-order chi connectivity index (χ1) is 21.4. The van der Waals surface area contributed by atoms with Crippen LogP contribution in [0.2, 0.25) is 0 Å². The summed E-state index contributed by atoms with van der Waals surface area (Å²) < 4.78 is 2.16. The highest BCUT2D eigenvalue weighted by atomic mass is 15.3. The monoisotopic (exact) mass is 593 g/mol. The topological polar surface area (TPSA) is 59.1 Å². The lowest BCUT2D eigenvalue weighted by Gasteiger charge is -2.38. The van der Waals surface area contributed by atoms with Crippen molar-refractivity contribution in [3.63, 3.8) is 0 Å². The highest BCUT2D eigenvalue weighted by Crippen LogP contribution is 2.40. The Morgan fingerprint density at radius 1 is 0.955 bits per heavy atom. The van der Waals surface area contributed by atoms with Gasteiger partial charge in [0.2, 0.25) is 0 Å². The van der Waals surface area contributed by atoms with Gasteiger partial charge in [0.15, 0.2) is 0 Å². The van der Waals surface area contributed by atoms with Crippen molar-refractivity contribution in [2.24, 2.45) is 17.6 Å². The van der Waals surface area contributed by atoms with Crippen molar-refractivity contribution in [3.05, 3.63) is 96.2 Å². The van der Waals surface area contributed by atoms with Crippen LogP contribution in [0.3, 0.4) is 0 Å². The predicted molar refractivity (Wildman–Crippen MR) is 187 cm³/mol. The van der Waals surface area contributed by atoms with Gasteiger partial charge in [-0.05, 0) is 117 Å². The third-order valence-electron chi connectivity index (χ3n) is 10.3. The van der Waals surface area contributed by atoms with Gasteiger partial charge in [-0.1, -0.05) is 69.7 Å². The molecule has 0 bridgehead atoms. The van der Waals surface area contributed by atoms with Gasteiger partial charge in [-0.25, -0.2) is 0 Å². The molecule has 6 rings (SSSR count). The van der Waals surface area contributed by atoms with E-state index in [1.54, 1.807) is 12.6 Å². The molecule has 44 heavy (non-hydrogen) atoms. The highest BCUT2D eigenvalue weighted by molar-refractivity contribution is 5.68. The molecule has 5 heteroatoms. The number of aryl methyl sites for hydroxylation is 2. The zero-order valence-electron chi connectivity index (χ0n) is 27.5. The van der Waals surface area contributed by atoms with E-state index >= 15 is 0 Å². The summed E-state index contributed by atoms with van der Waals surface area (Å²) in [7, 11) is 1.72. The molecule has 0 unspecified atom stereocenters. The Hall–Kier alpha value is -3.47. The van der Waals surface area contributed by atoms with E-state index in [4.69, 9.17) is 12.3 Å². The lowest BCUT2D eigenvalue weighted by Crippen LogP contribution is -2.33. The Labute approximate surface area is 266 Å². The van der Waals surface area contributed by atoms with Gasteiger partial charge in [-0.15, -0.1) is 0 Å². The van der Waals surface area contributed by atoms with Gasteiger partial charge in [0.05, 0.1) is 18.1 Å². The second kappa shape index (κ2) is 15.0. The largest absolute Gasteiger partial charge is 0.386 e. The number of nitrogens with two attached hydrogens (primary N) is 1. The van der Waals surface area contributed by atoms with Gasteiger partial charge < -0.3 is 16.0 Å². The van der Waals surface area contributed by atoms with Crippen LogP contribution in [0.1, 0.15) is 106 Å². The molecule has 2 aromatic carbocycles. The third-order valence-corrected chi connectivity index (χ3v) is 10.3. The molecule has 0 aliphatic heterocycles. The van der Waals surface area contributed by atoms with Gasteiger partial charge in [0.25, 0.3) is 0 Å². The SMILES string of the molecule is C=C(C1CCCCC1)N(CC1CCC(c2ccc(CC)c(C)c2)CC1)c1cccc(-c2cnn(C3CC3)c2)c1.C=C(N)NC. The van der Waals surface area contributed by atoms with Crippen molar-refractivity contribution in [1.29, 1.82) is 0 Å². The maximum absolute atomic E-state index is 4.99. The third kappa shape index (κ3) is 8.16. The van der Waals surface area contributed by atoms with Gasteiger partial charge in [0, 0.05) is 36.7 Å². The summed E-state index contributed by atoms with van der Waals surface area (Å²) in [4.78, 5) is 2.62. The second-order valence-corrected chi connectivity index (χ2v) is 13.5. The maximum Gasteiger partial charge on any atom is 0.0883 e. The van der Waals surface area contributed by atoms with Crippen LogP contribution in [-0.4, -0.2) is 23.4 Å². The molecule has 3 saturated carbocycles. The quantitative estimate of drug-likeness (QED) is 0.246. The second-order valence-electron chi connectivity index (χ2n) is 13.5. The van der Waals surface area contributed by atoms with Gasteiger partial charge >= 0.3 is 0 Å². The standard InChI is InChI=1S/C36H47N3.C3H8N2/c1-4-29-17-18-33(21-26(29)2)31-15-13-28(14-16-31)24-38(27(3)30-9-6-5-7-10-30)36-12-8-11-32(22-36)34-23-37-39(25-34)35-19-20-35;1-3(4)5-2/h8,11-12,17-18,21-23,25,28,30-31,35H,3-7,9-10,13-16,19-20,24H2,1-2H3;5H,1,4H2,2H3. The fourth-order valence-electron chi connectivity index (χ4n) is 7.23. The first kappa shape index (κ1) is 31.9. The summed E-state index contributed by atoms with van der Waals surface area (Å²) in [6, 6.07) is 17.1. The highest BCUT2D eigenvalue weighted by Gasteiger charge is 2.28. The van der Waals surface area contributed by atoms with Crippen LogP contribution in [-0.2, 0) is 6.42 Å². The molecule has 5 nitrogen and oxygen atoms in total. The molecule has 1 heterocycles. The van der Waals surface area contributed by atoms with E-state index < -0.39 is 0 Å². The number of anilines is 1. The molecule has 0 amide bonds. The number of benzene rings is 2. The van der Waals surface area contributed by atoms with E-state index in [9.17, 15) is 0 Å². The maximum atomic E-state index is 4.99. The molecular formula is C39H55N5. The Bertz CT molecular complexity index is 1380. The van der Waals surface area contributed by atoms with Crippen LogP contribution in [0.5, 0.6) is 0 Å². The molecule has 0 atom stereocenters. The van der Waals surface area contributed by atoms with E-state index in [-0.39, 0.29) is 0 Å². The summed E-state index contributed by atoms with van der Waals surface area (Å²) in [6.45, 7) is 13.7. The zero-order chi connectivity index (χ0) is 31.1. The number of nitrogens with one attached hydrogen (secondary N) is 1. The number of hydrogen-bond acceptors (Lipinski definition) is 4. The molecular weight excluding hydrogens is 538 g/mol. The number of rotatable bonds is 10. The van der Waals surface area contributed by atoms with Crippen molar-refractivity contribution in [2.45, 2.75) is 103 Å². The van der Waals surface area contributed by atoms with E-state index in [0.29, 0.717) is 23.7 Å². The van der Waals surface area contributed by atoms with Crippen molar-refractivity contribution in [3.8, 4) is 11.1 Å². The van der Waals surface area contributed by atoms with Crippen molar-refractivity contribution >= 4 is 5.69 Å². The molecule has 0 spiro atoms. The molecule has 0 radical (unpaired) electrons. The average Bonchev–Trinajstić information content (AvgIpc) is 3.80. The first-order valence-corrected chi connectivity index (χ1v) is 17.2. The number of aromatic nitrogens is 2. The van der Waals surface area contributed by atoms with Gasteiger partial charge in [-0.3, -0.25) is 4.68 Å². The van der Waals surface area contributed by atoms with Crippen molar-refractivity contribution in [1.82, 2.24) is 15.1 Å². The minimum atomic E-state index is 0.505. The molecule has 3 N–H and O–H groups in total. The average molecular weight is 594 g/mol. The molecule has 0 saturated heterocycles. The smallest absolute Gasteiger partial charge is 0.0883 e. The summed E-state index contributed by atoms with van der Waals surface area (Å²) in [6.07, 6.45) is 19.8. The number of hydrogen-bond donors (Lipinski definition) is 2. The molecule has 3 aliphatic rings. The minimum Gasteiger partial charge on any atom is -0.386 e. The first-order valence-electron chi connectivity index (χ1n) is 17.2. The van der Waals surface area contributed by atoms with Crippen LogP contribution in [0.25, 0.3) is 11.1 Å². The Balaban J connectivity index is 0.000000712. The van der Waals surface area contributed by atoms with E-state index in [1.807, 2.05) is 6.20 Å². The Morgan fingerprint density at radius 3 is 2.32 bits per heavy atom. The van der Waals surface area contributed by atoms with Crippen LogP contribution in [0, 0.1) is 18.8 Å². The fraction of sp³-hybridized carbons (Fsp3) is 0.513. The van der Waals surface area contributed by atoms with Crippen LogP contribution >= 0.6 is 0 Å². The van der Waals surface area contributed by atoms with Gasteiger partial charge in [0.1, 0.15) is 0 Å². The summed E-state index contributed by atoms with van der Waals surface area (Å²) in [5, 5.41) is 7.27. The molecule has 1 aromatic heterocycles. The number of nitrogens with zero attached hydrogens (tertiary/aromatic N) is 3. The molecule has 3 aliphatic carbocycles. The van der Waals surface area contributed by atoms with E-state index in [0.717, 1.165) is 18.9 Å². The van der Waals surface area contributed by atoms with E-state index in [2.05, 4.69) is 89.1 Å². The van der Waals surface area contributed by atoms with E-state index in [1.165, 1.54) is 104 Å². The zero-order valence-corrected chi connectivity index (χ0v) is 27.5. The van der Waals surface area contributed by atoms with Crippen LogP contribution in [0.15, 0.2) is 79.5 Å². The number of allylic oxidation sites excluding steroid dienone is 1.